The molecule has 86 valence electrons. The number of aliphatic hydroxyl groups is 1. The van der Waals surface area contributed by atoms with E-state index in [0.29, 0.717) is 11.4 Å². The molecule has 0 aromatic carbocycles. The molecule has 1 N–H and O–H groups in total. The molecule has 2 rings (SSSR count). The third-order valence-corrected chi connectivity index (χ3v) is 3.36. The Morgan fingerprint density at radius 2 is 2.38 bits per heavy atom. The number of hydrogen-bond donors (Lipinski definition) is 1. The van der Waals surface area contributed by atoms with E-state index < -0.39 is 0 Å². The van der Waals surface area contributed by atoms with Gasteiger partial charge in [0.05, 0.1) is 18.1 Å². The summed E-state index contributed by atoms with van der Waals surface area (Å²) in [6.07, 6.45) is 2.05. The van der Waals surface area contributed by atoms with Crippen LogP contribution in [-0.2, 0) is 13.0 Å². The highest BCUT2D eigenvalue weighted by molar-refractivity contribution is 7.14. The summed E-state index contributed by atoms with van der Waals surface area (Å²) >= 11 is 1.32. The molecule has 0 unspecified atom stereocenters. The van der Waals surface area contributed by atoms with Crippen LogP contribution in [0.5, 0.6) is 5.88 Å². The lowest BCUT2D eigenvalue weighted by molar-refractivity contribution is -0.716. The van der Waals surface area contributed by atoms with Crippen molar-refractivity contribution in [3.63, 3.8) is 0 Å². The van der Waals surface area contributed by atoms with Crippen molar-refractivity contribution in [2.45, 2.75) is 19.9 Å². The summed E-state index contributed by atoms with van der Waals surface area (Å²) in [5.41, 5.74) is 0.0160. The molecule has 16 heavy (non-hydrogen) atoms. The average Bonchev–Trinajstić information content (AvgIpc) is 2.74. The molecule has 0 aliphatic heterocycles. The molecule has 0 radical (unpaired) electrons. The second-order valence-corrected chi connectivity index (χ2v) is 4.25. The van der Waals surface area contributed by atoms with Crippen LogP contribution in [0.2, 0.25) is 0 Å². The highest BCUT2D eigenvalue weighted by Gasteiger charge is 2.18. The van der Waals surface area contributed by atoms with E-state index in [0.717, 1.165) is 0 Å². The summed E-state index contributed by atoms with van der Waals surface area (Å²) in [6.45, 7) is 1.88. The predicted molar refractivity (Wildman–Crippen MR) is 57.6 cm³/mol. The van der Waals surface area contributed by atoms with Crippen molar-refractivity contribution in [1.29, 1.82) is 0 Å². The Hall–Kier alpha value is -1.40. The van der Waals surface area contributed by atoms with Gasteiger partial charge < -0.3 is 10.2 Å². The van der Waals surface area contributed by atoms with Crippen LogP contribution in [0.25, 0.3) is 4.96 Å². The predicted octanol–water partition coefficient (Wildman–Crippen LogP) is -0.723. The number of aromatic nitrogens is 2. The lowest BCUT2D eigenvalue weighted by Crippen LogP contribution is -2.44. The molecule has 6 heteroatoms. The van der Waals surface area contributed by atoms with Crippen molar-refractivity contribution >= 4 is 16.3 Å². The van der Waals surface area contributed by atoms with Crippen LogP contribution in [0.4, 0.5) is 0 Å². The lowest BCUT2D eigenvalue weighted by atomic mass is 10.2. The Morgan fingerprint density at radius 1 is 1.62 bits per heavy atom. The maximum absolute atomic E-state index is 12.0. The maximum Gasteiger partial charge on any atom is 0.348 e. The number of fused-ring (bicyclic) bond motifs is 1. The number of hydrogen-bond acceptors (Lipinski definition) is 4. The van der Waals surface area contributed by atoms with Gasteiger partial charge in [-0.05, 0) is 6.42 Å². The summed E-state index contributed by atoms with van der Waals surface area (Å²) in [4.78, 5) is 12.5. The molecule has 0 bridgehead atoms. The Kier molecular flexibility index (Phi) is 2.93. The highest BCUT2D eigenvalue weighted by atomic mass is 32.1. The second kappa shape index (κ2) is 4.23. The summed E-state index contributed by atoms with van der Waals surface area (Å²) in [6, 6.07) is 0. The molecular weight excluding hydrogens is 228 g/mol. The second-order valence-electron chi connectivity index (χ2n) is 3.37. The molecule has 0 fully saturated rings. The number of nitrogens with zero attached hydrogens (tertiary/aromatic N) is 2. The average molecular weight is 240 g/mol. The SMILES string of the molecule is CCc1c([O-])[n+](CCO)c2sccn2c1=O. The van der Waals surface area contributed by atoms with Crippen molar-refractivity contribution in [3.8, 4) is 5.88 Å². The van der Waals surface area contributed by atoms with Gasteiger partial charge in [0.15, 0.2) is 0 Å². The van der Waals surface area contributed by atoms with Gasteiger partial charge in [-0.2, -0.15) is 4.40 Å². The van der Waals surface area contributed by atoms with Crippen LogP contribution in [0.1, 0.15) is 12.5 Å². The van der Waals surface area contributed by atoms with Crippen molar-refractivity contribution < 1.29 is 14.8 Å². The molecule has 0 aliphatic rings. The van der Waals surface area contributed by atoms with Crippen LogP contribution < -0.4 is 15.2 Å². The Balaban J connectivity index is 2.86. The van der Waals surface area contributed by atoms with Crippen molar-refractivity contribution in [2.75, 3.05) is 6.61 Å². The summed E-state index contributed by atoms with van der Waals surface area (Å²) in [5, 5.41) is 22.7. The maximum atomic E-state index is 12.0. The first-order chi connectivity index (χ1) is 7.70. The highest BCUT2D eigenvalue weighted by Crippen LogP contribution is 2.11. The van der Waals surface area contributed by atoms with Gasteiger partial charge >= 0.3 is 10.5 Å². The van der Waals surface area contributed by atoms with E-state index in [1.165, 1.54) is 20.3 Å². The minimum atomic E-state index is -0.288. The minimum Gasteiger partial charge on any atom is -0.842 e. The summed E-state index contributed by atoms with van der Waals surface area (Å²) in [5.74, 6) is -0.288. The molecule has 0 atom stereocenters. The zero-order valence-corrected chi connectivity index (χ0v) is 9.66. The third kappa shape index (κ3) is 1.50. The Morgan fingerprint density at radius 3 is 3.00 bits per heavy atom. The van der Waals surface area contributed by atoms with E-state index in [1.54, 1.807) is 18.5 Å². The topological polar surface area (TPSA) is 68.7 Å². The fourth-order valence-electron chi connectivity index (χ4n) is 1.71. The molecule has 0 aliphatic carbocycles. The van der Waals surface area contributed by atoms with Gasteiger partial charge in [-0.3, -0.25) is 0 Å². The first-order valence-electron chi connectivity index (χ1n) is 5.03. The molecule has 0 saturated heterocycles. The van der Waals surface area contributed by atoms with Gasteiger partial charge in [-0.1, -0.05) is 18.3 Å². The zero-order valence-electron chi connectivity index (χ0n) is 8.84. The molecular formula is C10H12N2O3S. The summed E-state index contributed by atoms with van der Waals surface area (Å²) in [7, 11) is 0. The van der Waals surface area contributed by atoms with Crippen molar-refractivity contribution in [1.82, 2.24) is 4.40 Å². The molecule has 0 saturated carbocycles. The normalized spacial score (nSPS) is 11.1. The molecule has 0 spiro atoms. The van der Waals surface area contributed by atoms with Crippen molar-refractivity contribution in [2.24, 2.45) is 0 Å². The zero-order chi connectivity index (χ0) is 11.7. The van der Waals surface area contributed by atoms with Crippen LogP contribution in [-0.4, -0.2) is 16.1 Å². The Bertz CT molecular complexity index is 573. The first kappa shape index (κ1) is 11.1. The van der Waals surface area contributed by atoms with E-state index in [9.17, 15) is 9.90 Å². The molecule has 0 amide bonds. The van der Waals surface area contributed by atoms with Crippen LogP contribution in [0.15, 0.2) is 16.4 Å². The molecule has 5 nitrogen and oxygen atoms in total. The van der Waals surface area contributed by atoms with Crippen LogP contribution in [0.3, 0.4) is 0 Å². The van der Waals surface area contributed by atoms with Crippen LogP contribution >= 0.6 is 11.3 Å². The standard InChI is InChI=1S/C10H12N2O3S/c1-2-7-8(14)11(3-5-13)10-12(9(7)15)4-6-16-10/h4,6,13H,2-3,5H2,1H3. The number of rotatable bonds is 3. The summed E-state index contributed by atoms with van der Waals surface area (Å²) < 4.78 is 2.91. The quantitative estimate of drug-likeness (QED) is 0.720. The van der Waals surface area contributed by atoms with Crippen molar-refractivity contribution in [3.05, 3.63) is 27.5 Å². The van der Waals surface area contributed by atoms with Gasteiger partial charge in [0, 0.05) is 5.38 Å². The minimum absolute atomic E-state index is 0.116. The molecule has 2 aromatic rings. The number of aliphatic hydroxyl groups excluding tert-OH is 1. The van der Waals surface area contributed by atoms with E-state index in [2.05, 4.69) is 0 Å². The molecule has 2 heterocycles. The van der Waals surface area contributed by atoms with Crippen LogP contribution in [0, 0.1) is 0 Å². The van der Waals surface area contributed by atoms with E-state index in [4.69, 9.17) is 5.11 Å². The van der Waals surface area contributed by atoms with E-state index in [1.807, 2.05) is 0 Å². The van der Waals surface area contributed by atoms with E-state index in [-0.39, 0.29) is 30.2 Å². The van der Waals surface area contributed by atoms with Gasteiger partial charge in [-0.25, -0.2) is 9.36 Å². The smallest absolute Gasteiger partial charge is 0.348 e. The lowest BCUT2D eigenvalue weighted by Gasteiger charge is -2.13. The van der Waals surface area contributed by atoms with E-state index >= 15 is 0 Å². The fourth-order valence-corrected chi connectivity index (χ4v) is 2.57. The van der Waals surface area contributed by atoms with Gasteiger partial charge in [0.1, 0.15) is 12.7 Å². The first-order valence-corrected chi connectivity index (χ1v) is 5.91. The number of thiazole rings is 1. The molecule has 2 aromatic heterocycles. The van der Waals surface area contributed by atoms with Gasteiger partial charge in [0.25, 0.3) is 0 Å². The Labute approximate surface area is 95.8 Å². The fraction of sp³-hybridized carbons (Fsp3) is 0.400. The third-order valence-electron chi connectivity index (χ3n) is 2.48. The largest absolute Gasteiger partial charge is 0.842 e. The van der Waals surface area contributed by atoms with Gasteiger partial charge in [0.2, 0.25) is 0 Å². The van der Waals surface area contributed by atoms with Gasteiger partial charge in [-0.15, -0.1) is 0 Å². The monoisotopic (exact) mass is 240 g/mol.